The van der Waals surface area contributed by atoms with Crippen LogP contribution >= 0.6 is 11.3 Å². The van der Waals surface area contributed by atoms with Crippen molar-refractivity contribution < 1.29 is 4.79 Å². The molecule has 2 aromatic rings. The highest BCUT2D eigenvalue weighted by Gasteiger charge is 2.20. The summed E-state index contributed by atoms with van der Waals surface area (Å²) in [4.78, 5) is 36.1. The van der Waals surface area contributed by atoms with E-state index < -0.39 is 11.5 Å². The maximum Gasteiger partial charge on any atom is 0.264 e. The molecule has 0 aliphatic rings. The monoisotopic (exact) mass is 348 g/mol. The van der Waals surface area contributed by atoms with Gasteiger partial charge in [-0.1, -0.05) is 34.6 Å². The first-order chi connectivity index (χ1) is 11.1. The minimum atomic E-state index is -0.429. The number of H-pyrrole nitrogens is 1. The van der Waals surface area contributed by atoms with Gasteiger partial charge < -0.3 is 10.3 Å². The Morgan fingerprint density at radius 3 is 2.50 bits per heavy atom. The van der Waals surface area contributed by atoms with Gasteiger partial charge in [0.05, 0.1) is 22.9 Å². The van der Waals surface area contributed by atoms with Gasteiger partial charge in [-0.05, 0) is 6.92 Å². The molecule has 0 spiro atoms. The molecule has 2 heterocycles. The Balaban J connectivity index is 2.13. The van der Waals surface area contributed by atoms with Crippen molar-refractivity contribution in [2.24, 2.45) is 0 Å². The van der Waals surface area contributed by atoms with Crippen molar-refractivity contribution in [3.8, 4) is 0 Å². The standard InChI is InChI=1S/C17H24N4O2S/c1-9(2)13-19-10(3)12(15(23)21-13)14(22)18-7-11-8-24-16(20-11)17(4,5)6/h8-9H,7H2,1-6H3,(H,18,22)(H,19,21,23). The van der Waals surface area contributed by atoms with Crippen molar-refractivity contribution in [3.63, 3.8) is 0 Å². The third-order valence-corrected chi connectivity index (χ3v) is 4.83. The van der Waals surface area contributed by atoms with Crippen LogP contribution in [-0.4, -0.2) is 20.9 Å². The minimum absolute atomic E-state index is 0.0166. The average Bonchev–Trinajstić information content (AvgIpc) is 2.93. The van der Waals surface area contributed by atoms with Crippen LogP contribution in [0.25, 0.3) is 0 Å². The third-order valence-electron chi connectivity index (χ3n) is 3.52. The predicted octanol–water partition coefficient (Wildman–Crippen LogP) is 2.89. The summed E-state index contributed by atoms with van der Waals surface area (Å²) in [5.41, 5.74) is 0.868. The van der Waals surface area contributed by atoms with Crippen molar-refractivity contribution >= 4 is 17.2 Å². The summed E-state index contributed by atoms with van der Waals surface area (Å²) < 4.78 is 0. The van der Waals surface area contributed by atoms with Crippen LogP contribution in [0.1, 0.15) is 73.1 Å². The van der Waals surface area contributed by atoms with Gasteiger partial charge in [0.1, 0.15) is 11.4 Å². The number of nitrogens with zero attached hydrogens (tertiary/aromatic N) is 2. The van der Waals surface area contributed by atoms with E-state index in [4.69, 9.17) is 0 Å². The van der Waals surface area contributed by atoms with Gasteiger partial charge >= 0.3 is 0 Å². The predicted molar refractivity (Wildman–Crippen MR) is 95.7 cm³/mol. The Kier molecular flexibility index (Phi) is 5.22. The third kappa shape index (κ3) is 4.08. The summed E-state index contributed by atoms with van der Waals surface area (Å²) in [6.45, 7) is 12.1. The van der Waals surface area contributed by atoms with Gasteiger partial charge in [-0.25, -0.2) is 9.97 Å². The molecule has 0 fully saturated rings. The van der Waals surface area contributed by atoms with E-state index in [1.165, 1.54) is 0 Å². The van der Waals surface area contributed by atoms with Crippen LogP contribution in [0.4, 0.5) is 0 Å². The van der Waals surface area contributed by atoms with Crippen molar-refractivity contribution in [2.75, 3.05) is 0 Å². The van der Waals surface area contributed by atoms with Crippen molar-refractivity contribution in [3.05, 3.63) is 43.5 Å². The van der Waals surface area contributed by atoms with Gasteiger partial charge in [0.2, 0.25) is 0 Å². The number of aromatic nitrogens is 3. The fraction of sp³-hybridized carbons (Fsp3) is 0.529. The molecule has 0 aliphatic heterocycles. The van der Waals surface area contributed by atoms with Crippen LogP contribution in [0.2, 0.25) is 0 Å². The number of rotatable bonds is 4. The second-order valence-corrected chi connectivity index (χ2v) is 8.00. The summed E-state index contributed by atoms with van der Waals surface area (Å²) >= 11 is 1.57. The van der Waals surface area contributed by atoms with E-state index in [9.17, 15) is 9.59 Å². The Morgan fingerprint density at radius 2 is 2.00 bits per heavy atom. The van der Waals surface area contributed by atoms with Crippen molar-refractivity contribution in [2.45, 2.75) is 59.4 Å². The van der Waals surface area contributed by atoms with Crippen molar-refractivity contribution in [1.82, 2.24) is 20.3 Å². The maximum absolute atomic E-state index is 12.3. The zero-order valence-corrected chi connectivity index (χ0v) is 15.8. The molecular formula is C17H24N4O2S. The molecule has 6 nitrogen and oxygen atoms in total. The Labute approximate surface area is 145 Å². The average molecular weight is 348 g/mol. The van der Waals surface area contributed by atoms with Crippen LogP contribution < -0.4 is 10.9 Å². The van der Waals surface area contributed by atoms with E-state index in [0.717, 1.165) is 10.7 Å². The normalized spacial score (nSPS) is 11.8. The topological polar surface area (TPSA) is 87.7 Å². The summed E-state index contributed by atoms with van der Waals surface area (Å²) in [6, 6.07) is 0. The van der Waals surface area contributed by atoms with E-state index in [1.54, 1.807) is 18.3 Å². The van der Waals surface area contributed by atoms with Gasteiger partial charge in [0, 0.05) is 16.7 Å². The molecule has 0 saturated carbocycles. The minimum Gasteiger partial charge on any atom is -0.346 e. The summed E-state index contributed by atoms with van der Waals surface area (Å²) in [5.74, 6) is 0.254. The molecule has 0 radical (unpaired) electrons. The highest BCUT2D eigenvalue weighted by Crippen LogP contribution is 2.25. The summed E-state index contributed by atoms with van der Waals surface area (Å²) in [6.07, 6.45) is 0. The molecule has 1 amide bonds. The molecule has 2 N–H and O–H groups in total. The molecule has 0 atom stereocenters. The molecule has 7 heteroatoms. The van der Waals surface area contributed by atoms with E-state index in [0.29, 0.717) is 11.5 Å². The van der Waals surface area contributed by atoms with Crippen LogP contribution in [0.3, 0.4) is 0 Å². The number of hydrogen-bond donors (Lipinski definition) is 2. The molecule has 2 rings (SSSR count). The van der Waals surface area contributed by atoms with Gasteiger partial charge in [-0.3, -0.25) is 9.59 Å². The van der Waals surface area contributed by atoms with Crippen LogP contribution in [0.15, 0.2) is 10.2 Å². The summed E-state index contributed by atoms with van der Waals surface area (Å²) in [7, 11) is 0. The van der Waals surface area contributed by atoms with E-state index in [2.05, 4.69) is 41.0 Å². The van der Waals surface area contributed by atoms with Crippen LogP contribution in [0.5, 0.6) is 0 Å². The van der Waals surface area contributed by atoms with E-state index >= 15 is 0 Å². The number of hydrogen-bond acceptors (Lipinski definition) is 5. The van der Waals surface area contributed by atoms with Crippen molar-refractivity contribution in [1.29, 1.82) is 0 Å². The summed E-state index contributed by atoms with van der Waals surface area (Å²) in [5, 5.41) is 5.70. The van der Waals surface area contributed by atoms with Gasteiger partial charge in [-0.15, -0.1) is 11.3 Å². The Bertz CT molecular complexity index is 800. The fourth-order valence-corrected chi connectivity index (χ4v) is 3.05. The smallest absolute Gasteiger partial charge is 0.264 e. The lowest BCUT2D eigenvalue weighted by Crippen LogP contribution is -2.32. The number of carbonyl (C=O) groups is 1. The SMILES string of the molecule is Cc1nc(C(C)C)[nH]c(=O)c1C(=O)NCc1csc(C(C)(C)C)n1. The molecule has 0 aromatic carbocycles. The molecule has 0 saturated heterocycles. The van der Waals surface area contributed by atoms with Crippen LogP contribution in [0, 0.1) is 6.92 Å². The first kappa shape index (κ1) is 18.3. The maximum atomic E-state index is 12.3. The highest BCUT2D eigenvalue weighted by atomic mass is 32.1. The zero-order chi connectivity index (χ0) is 18.1. The second-order valence-electron chi connectivity index (χ2n) is 7.14. The number of thiazole rings is 1. The Morgan fingerprint density at radius 1 is 1.33 bits per heavy atom. The van der Waals surface area contributed by atoms with Gasteiger partial charge in [0.25, 0.3) is 11.5 Å². The molecular weight excluding hydrogens is 324 g/mol. The lowest BCUT2D eigenvalue weighted by Gasteiger charge is -2.13. The second kappa shape index (κ2) is 6.84. The van der Waals surface area contributed by atoms with Crippen LogP contribution in [-0.2, 0) is 12.0 Å². The highest BCUT2D eigenvalue weighted by molar-refractivity contribution is 7.09. The largest absolute Gasteiger partial charge is 0.346 e. The van der Waals surface area contributed by atoms with Gasteiger partial charge in [0.15, 0.2) is 0 Å². The molecule has 2 aromatic heterocycles. The molecule has 0 aliphatic carbocycles. The molecule has 0 bridgehead atoms. The molecule has 0 unspecified atom stereocenters. The van der Waals surface area contributed by atoms with Gasteiger partial charge in [-0.2, -0.15) is 0 Å². The number of aryl methyl sites for hydroxylation is 1. The number of carbonyl (C=O) groups excluding carboxylic acids is 1. The lowest BCUT2D eigenvalue weighted by atomic mass is 9.98. The number of aromatic amines is 1. The zero-order valence-electron chi connectivity index (χ0n) is 15.0. The first-order valence-corrected chi connectivity index (χ1v) is 8.81. The fourth-order valence-electron chi connectivity index (χ4n) is 2.14. The lowest BCUT2D eigenvalue weighted by molar-refractivity contribution is 0.0947. The van der Waals surface area contributed by atoms with E-state index in [-0.39, 0.29) is 23.4 Å². The Hall–Kier alpha value is -2.02. The molecule has 24 heavy (non-hydrogen) atoms. The first-order valence-electron chi connectivity index (χ1n) is 7.93. The van der Waals surface area contributed by atoms with E-state index in [1.807, 2.05) is 19.2 Å². The quantitative estimate of drug-likeness (QED) is 0.889. The number of amides is 1. The number of nitrogens with one attached hydrogen (secondary N) is 2. The molecule has 130 valence electrons.